The standard InChI is InChI=1S/C10H14BNO4S/c1-8-3-4-9(7-10(8)11(13)14)12-5-2-6-17(12,15)16/h3-4,7,13-14H,2,5-6H2,1H3. The molecule has 1 aromatic rings. The molecule has 1 fully saturated rings. The van der Waals surface area contributed by atoms with Crippen molar-refractivity contribution in [3.63, 3.8) is 0 Å². The number of hydrogen-bond donors (Lipinski definition) is 2. The first-order valence-electron chi connectivity index (χ1n) is 5.39. The molecule has 1 aromatic carbocycles. The van der Waals surface area contributed by atoms with Crippen LogP contribution in [0.2, 0.25) is 0 Å². The van der Waals surface area contributed by atoms with Gasteiger partial charge in [-0.25, -0.2) is 8.42 Å². The molecule has 0 atom stereocenters. The molecule has 5 nitrogen and oxygen atoms in total. The Morgan fingerprint density at radius 2 is 2.06 bits per heavy atom. The van der Waals surface area contributed by atoms with Gasteiger partial charge in [-0.15, -0.1) is 0 Å². The molecule has 1 aliphatic rings. The molecule has 0 saturated carbocycles. The van der Waals surface area contributed by atoms with Crippen LogP contribution in [0.25, 0.3) is 0 Å². The summed E-state index contributed by atoms with van der Waals surface area (Å²) in [5.74, 6) is 0.151. The first kappa shape index (κ1) is 12.4. The molecule has 92 valence electrons. The number of aryl methyl sites for hydroxylation is 1. The minimum atomic E-state index is -3.23. The molecule has 2 N–H and O–H groups in total. The van der Waals surface area contributed by atoms with Crippen LogP contribution in [0.3, 0.4) is 0 Å². The summed E-state index contributed by atoms with van der Waals surface area (Å²) in [6.45, 7) is 2.20. The third-order valence-electron chi connectivity index (χ3n) is 2.93. The van der Waals surface area contributed by atoms with Crippen LogP contribution >= 0.6 is 0 Å². The normalized spacial score (nSPS) is 18.4. The lowest BCUT2D eigenvalue weighted by Crippen LogP contribution is -2.34. The summed E-state index contributed by atoms with van der Waals surface area (Å²) in [5, 5.41) is 18.4. The molecule has 0 amide bonds. The van der Waals surface area contributed by atoms with Crippen molar-refractivity contribution in [3.8, 4) is 0 Å². The van der Waals surface area contributed by atoms with E-state index in [1.807, 2.05) is 0 Å². The number of rotatable bonds is 2. The van der Waals surface area contributed by atoms with Crippen molar-refractivity contribution in [2.75, 3.05) is 16.6 Å². The van der Waals surface area contributed by atoms with Crippen LogP contribution in [0.1, 0.15) is 12.0 Å². The van der Waals surface area contributed by atoms with Crippen LogP contribution in [0.15, 0.2) is 18.2 Å². The summed E-state index contributed by atoms with van der Waals surface area (Å²) in [4.78, 5) is 0. The van der Waals surface area contributed by atoms with Gasteiger partial charge in [-0.1, -0.05) is 11.6 Å². The van der Waals surface area contributed by atoms with E-state index in [-0.39, 0.29) is 5.75 Å². The van der Waals surface area contributed by atoms with E-state index in [0.29, 0.717) is 24.1 Å². The third-order valence-corrected chi connectivity index (χ3v) is 4.80. The average molecular weight is 255 g/mol. The zero-order valence-electron chi connectivity index (χ0n) is 9.50. The van der Waals surface area contributed by atoms with Crippen LogP contribution < -0.4 is 9.77 Å². The van der Waals surface area contributed by atoms with Gasteiger partial charge in [-0.3, -0.25) is 4.31 Å². The third kappa shape index (κ3) is 2.31. The van der Waals surface area contributed by atoms with Gasteiger partial charge < -0.3 is 10.0 Å². The number of nitrogens with zero attached hydrogens (tertiary/aromatic N) is 1. The lowest BCUT2D eigenvalue weighted by Gasteiger charge is -2.18. The fraction of sp³-hybridized carbons (Fsp3) is 0.400. The average Bonchev–Trinajstić information content (AvgIpc) is 2.58. The Morgan fingerprint density at radius 1 is 1.35 bits per heavy atom. The van der Waals surface area contributed by atoms with E-state index in [1.54, 1.807) is 19.1 Å². The van der Waals surface area contributed by atoms with Crippen LogP contribution in [-0.2, 0) is 10.0 Å². The summed E-state index contributed by atoms with van der Waals surface area (Å²) in [7, 11) is -4.81. The number of benzene rings is 1. The molecular weight excluding hydrogens is 241 g/mol. The summed E-state index contributed by atoms with van der Waals surface area (Å²) in [6.07, 6.45) is 0.604. The molecule has 1 saturated heterocycles. The second-order valence-electron chi connectivity index (χ2n) is 4.16. The largest absolute Gasteiger partial charge is 0.488 e. The number of sulfonamides is 1. The first-order valence-corrected chi connectivity index (χ1v) is 7.00. The highest BCUT2D eigenvalue weighted by atomic mass is 32.2. The van der Waals surface area contributed by atoms with Gasteiger partial charge in [0, 0.05) is 6.54 Å². The highest BCUT2D eigenvalue weighted by Gasteiger charge is 2.29. The van der Waals surface area contributed by atoms with Crippen molar-refractivity contribution in [2.24, 2.45) is 0 Å². The molecule has 0 spiro atoms. The molecular formula is C10H14BNO4S. The maximum atomic E-state index is 11.7. The maximum Gasteiger partial charge on any atom is 0.488 e. The van der Waals surface area contributed by atoms with Gasteiger partial charge >= 0.3 is 7.12 Å². The second-order valence-corrected chi connectivity index (χ2v) is 6.17. The van der Waals surface area contributed by atoms with Gasteiger partial charge in [0.05, 0.1) is 11.4 Å². The van der Waals surface area contributed by atoms with Crippen molar-refractivity contribution in [1.82, 2.24) is 0 Å². The van der Waals surface area contributed by atoms with E-state index < -0.39 is 17.1 Å². The molecule has 0 radical (unpaired) electrons. The molecule has 0 aromatic heterocycles. The summed E-state index contributed by atoms with van der Waals surface area (Å²) in [6, 6.07) is 4.89. The predicted octanol–water partition coefficient (Wildman–Crippen LogP) is -0.785. The molecule has 17 heavy (non-hydrogen) atoms. The van der Waals surface area contributed by atoms with Gasteiger partial charge in [-0.2, -0.15) is 0 Å². The number of hydrogen-bond acceptors (Lipinski definition) is 4. The van der Waals surface area contributed by atoms with E-state index in [0.717, 1.165) is 5.56 Å². The van der Waals surface area contributed by atoms with Gasteiger partial charge in [0.2, 0.25) is 10.0 Å². The van der Waals surface area contributed by atoms with Crippen LogP contribution in [0, 0.1) is 6.92 Å². The fourth-order valence-electron chi connectivity index (χ4n) is 1.99. The van der Waals surface area contributed by atoms with Crippen LogP contribution in [-0.4, -0.2) is 37.9 Å². The van der Waals surface area contributed by atoms with E-state index in [2.05, 4.69) is 0 Å². The minimum absolute atomic E-state index is 0.151. The molecule has 0 aliphatic carbocycles. The van der Waals surface area contributed by atoms with E-state index in [9.17, 15) is 18.5 Å². The smallest absolute Gasteiger partial charge is 0.423 e. The Bertz CT molecular complexity index is 529. The fourth-order valence-corrected chi connectivity index (χ4v) is 3.55. The highest BCUT2D eigenvalue weighted by Crippen LogP contribution is 2.23. The van der Waals surface area contributed by atoms with E-state index in [1.165, 1.54) is 10.4 Å². The van der Waals surface area contributed by atoms with E-state index >= 15 is 0 Å². The van der Waals surface area contributed by atoms with Crippen molar-refractivity contribution in [1.29, 1.82) is 0 Å². The Labute approximate surface area is 101 Å². The maximum absolute atomic E-state index is 11.7. The molecule has 2 rings (SSSR count). The zero-order valence-corrected chi connectivity index (χ0v) is 10.3. The predicted molar refractivity (Wildman–Crippen MR) is 66.8 cm³/mol. The molecule has 1 heterocycles. The highest BCUT2D eigenvalue weighted by molar-refractivity contribution is 7.93. The topological polar surface area (TPSA) is 77.8 Å². The van der Waals surface area contributed by atoms with Crippen LogP contribution in [0.4, 0.5) is 5.69 Å². The quantitative estimate of drug-likeness (QED) is 0.679. The van der Waals surface area contributed by atoms with Crippen molar-refractivity contribution >= 4 is 28.3 Å². The number of anilines is 1. The lowest BCUT2D eigenvalue weighted by molar-refractivity contribution is 0.425. The second kappa shape index (κ2) is 4.32. The van der Waals surface area contributed by atoms with Crippen molar-refractivity contribution < 1.29 is 18.5 Å². The summed E-state index contributed by atoms with van der Waals surface area (Å²) < 4.78 is 24.8. The summed E-state index contributed by atoms with van der Waals surface area (Å²) in [5.41, 5.74) is 1.56. The van der Waals surface area contributed by atoms with Crippen molar-refractivity contribution in [3.05, 3.63) is 23.8 Å². The Morgan fingerprint density at radius 3 is 2.59 bits per heavy atom. The van der Waals surface area contributed by atoms with Gasteiger partial charge in [0.25, 0.3) is 0 Å². The first-order chi connectivity index (χ1) is 7.92. The molecule has 0 unspecified atom stereocenters. The van der Waals surface area contributed by atoms with Gasteiger partial charge in [0.15, 0.2) is 0 Å². The zero-order chi connectivity index (χ0) is 12.6. The van der Waals surface area contributed by atoms with E-state index in [4.69, 9.17) is 0 Å². The Kier molecular flexibility index (Phi) is 3.16. The van der Waals surface area contributed by atoms with Gasteiger partial charge in [-0.05, 0) is 30.9 Å². The Hall–Kier alpha value is -1.05. The monoisotopic (exact) mass is 255 g/mol. The van der Waals surface area contributed by atoms with Crippen LogP contribution in [0.5, 0.6) is 0 Å². The lowest BCUT2D eigenvalue weighted by atomic mass is 9.77. The molecule has 1 aliphatic heterocycles. The minimum Gasteiger partial charge on any atom is -0.423 e. The Balaban J connectivity index is 2.44. The van der Waals surface area contributed by atoms with Gasteiger partial charge in [0.1, 0.15) is 0 Å². The summed E-state index contributed by atoms with van der Waals surface area (Å²) >= 11 is 0. The van der Waals surface area contributed by atoms with Crippen molar-refractivity contribution in [2.45, 2.75) is 13.3 Å². The SMILES string of the molecule is Cc1ccc(N2CCCS2(=O)=O)cc1B(O)O. The molecule has 0 bridgehead atoms. The molecule has 7 heteroatoms.